The lowest BCUT2D eigenvalue weighted by Crippen LogP contribution is -2.34. The summed E-state index contributed by atoms with van der Waals surface area (Å²) in [5, 5.41) is 16.8. The maximum atomic E-state index is 10.4. The van der Waals surface area contributed by atoms with Crippen LogP contribution in [-0.2, 0) is 19.7 Å². The first-order chi connectivity index (χ1) is 17.9. The number of carboxylic acid groups (broad SMARTS) is 2. The van der Waals surface area contributed by atoms with Crippen LogP contribution in [0.1, 0.15) is 156 Å². The SMILES string of the molecule is CC(C)C(N)C(=O)O.CCCCCCCCCCCCCCCCCCCCCC(=O)O.CCS(=O)(=O)O. The van der Waals surface area contributed by atoms with Crippen molar-refractivity contribution < 1.29 is 32.8 Å². The number of hydrogen-bond acceptors (Lipinski definition) is 5. The highest BCUT2D eigenvalue weighted by Gasteiger charge is 2.14. The summed E-state index contributed by atoms with van der Waals surface area (Å²) in [7, 11) is -3.66. The van der Waals surface area contributed by atoms with Crippen LogP contribution in [0, 0.1) is 5.92 Å². The molecule has 1 unspecified atom stereocenters. The zero-order valence-electron chi connectivity index (χ0n) is 25.0. The van der Waals surface area contributed by atoms with Gasteiger partial charge in [0.25, 0.3) is 10.1 Å². The maximum absolute atomic E-state index is 10.4. The summed E-state index contributed by atoms with van der Waals surface area (Å²) < 4.78 is 26.9. The molecule has 0 heterocycles. The first kappa shape index (κ1) is 41.3. The molecule has 0 aromatic rings. The highest BCUT2D eigenvalue weighted by molar-refractivity contribution is 7.85. The van der Waals surface area contributed by atoms with Crippen LogP contribution in [0.5, 0.6) is 0 Å². The monoisotopic (exact) mass is 567 g/mol. The van der Waals surface area contributed by atoms with Crippen LogP contribution < -0.4 is 5.73 Å². The van der Waals surface area contributed by atoms with E-state index in [1.165, 1.54) is 116 Å². The molecule has 0 bridgehead atoms. The Morgan fingerprint density at radius 2 is 0.895 bits per heavy atom. The Morgan fingerprint density at radius 1 is 0.632 bits per heavy atom. The number of aliphatic carboxylic acids is 2. The van der Waals surface area contributed by atoms with Crippen molar-refractivity contribution in [3.63, 3.8) is 0 Å². The fourth-order valence-corrected chi connectivity index (χ4v) is 3.64. The van der Waals surface area contributed by atoms with E-state index in [1.807, 2.05) is 0 Å². The summed E-state index contributed by atoms with van der Waals surface area (Å²) in [4.78, 5) is 20.4. The third-order valence-corrected chi connectivity index (χ3v) is 7.09. The first-order valence-corrected chi connectivity index (χ1v) is 16.6. The number of unbranched alkanes of at least 4 members (excludes halogenated alkanes) is 18. The molecule has 0 saturated heterocycles. The second kappa shape index (κ2) is 30.4. The van der Waals surface area contributed by atoms with Crippen molar-refractivity contribution in [3.8, 4) is 0 Å². The molecular formula is C29H61NO7S. The average Bonchev–Trinajstić information content (AvgIpc) is 2.85. The van der Waals surface area contributed by atoms with E-state index in [0.717, 1.165) is 12.8 Å². The number of carbonyl (C=O) groups is 2. The normalized spacial score (nSPS) is 11.8. The third kappa shape index (κ3) is 41.9. The van der Waals surface area contributed by atoms with Crippen LogP contribution in [0.4, 0.5) is 0 Å². The lowest BCUT2D eigenvalue weighted by Gasteiger charge is -2.07. The Hall–Kier alpha value is -1.19. The molecule has 0 radical (unpaired) electrons. The first-order valence-electron chi connectivity index (χ1n) is 15.0. The van der Waals surface area contributed by atoms with Gasteiger partial charge >= 0.3 is 11.9 Å². The molecule has 1 atom stereocenters. The van der Waals surface area contributed by atoms with Crippen molar-refractivity contribution in [3.05, 3.63) is 0 Å². The predicted octanol–water partition coefficient (Wildman–Crippen LogP) is 7.84. The van der Waals surface area contributed by atoms with Crippen LogP contribution in [0.25, 0.3) is 0 Å². The molecule has 0 amide bonds. The van der Waals surface area contributed by atoms with Crippen molar-refractivity contribution in [2.75, 3.05) is 5.75 Å². The van der Waals surface area contributed by atoms with Gasteiger partial charge < -0.3 is 15.9 Å². The van der Waals surface area contributed by atoms with E-state index >= 15 is 0 Å². The predicted molar refractivity (Wildman–Crippen MR) is 158 cm³/mol. The van der Waals surface area contributed by atoms with Crippen LogP contribution in [-0.4, -0.2) is 46.9 Å². The molecule has 0 aromatic heterocycles. The van der Waals surface area contributed by atoms with Crippen LogP contribution in [0.15, 0.2) is 0 Å². The second-order valence-corrected chi connectivity index (χ2v) is 12.2. The number of rotatable bonds is 23. The van der Waals surface area contributed by atoms with Crippen molar-refractivity contribution in [1.82, 2.24) is 0 Å². The van der Waals surface area contributed by atoms with E-state index in [2.05, 4.69) is 6.92 Å². The molecule has 0 aliphatic rings. The number of hydrogen-bond donors (Lipinski definition) is 4. The lowest BCUT2D eigenvalue weighted by atomic mass is 10.0. The van der Waals surface area contributed by atoms with Gasteiger partial charge in [-0.1, -0.05) is 136 Å². The Morgan fingerprint density at radius 3 is 1.05 bits per heavy atom. The summed E-state index contributed by atoms with van der Waals surface area (Å²) in [5.74, 6) is -1.76. The molecule has 0 aliphatic heterocycles. The van der Waals surface area contributed by atoms with Gasteiger partial charge in [0.2, 0.25) is 0 Å². The smallest absolute Gasteiger partial charge is 0.320 e. The van der Waals surface area contributed by atoms with Crippen LogP contribution in [0.3, 0.4) is 0 Å². The van der Waals surface area contributed by atoms with Crippen molar-refractivity contribution >= 4 is 22.1 Å². The minimum atomic E-state index is -3.66. The standard InChI is InChI=1S/C22H44O2.C5H11NO2.C2H6O3S/c1-2-3-4-5-6-7-8-9-10-11-12-13-14-15-16-17-18-19-20-21-22(23)24;1-3(2)4(6)5(7)8;1-2-6(3,4)5/h2-21H2,1H3,(H,23,24);3-4H,6H2,1-2H3,(H,7,8);2H2,1H3,(H,3,4,5). The van der Waals surface area contributed by atoms with Gasteiger partial charge in [0.15, 0.2) is 0 Å². The van der Waals surface area contributed by atoms with Gasteiger partial charge in [-0.25, -0.2) is 0 Å². The second-order valence-electron chi connectivity index (χ2n) is 10.5. The van der Waals surface area contributed by atoms with E-state index in [0.29, 0.717) is 6.42 Å². The maximum Gasteiger partial charge on any atom is 0.320 e. The van der Waals surface area contributed by atoms with Gasteiger partial charge in [-0.15, -0.1) is 0 Å². The molecule has 0 aliphatic carbocycles. The average molecular weight is 568 g/mol. The minimum Gasteiger partial charge on any atom is -0.481 e. The highest BCUT2D eigenvalue weighted by Crippen LogP contribution is 2.14. The Balaban J connectivity index is -0.000000711. The molecule has 5 N–H and O–H groups in total. The summed E-state index contributed by atoms with van der Waals surface area (Å²) in [5.41, 5.74) is 5.16. The minimum absolute atomic E-state index is 0.0208. The third-order valence-electron chi connectivity index (χ3n) is 6.36. The van der Waals surface area contributed by atoms with Gasteiger partial charge in [0, 0.05) is 6.42 Å². The molecule has 0 spiro atoms. The molecule has 0 saturated carbocycles. The van der Waals surface area contributed by atoms with Gasteiger partial charge in [0.1, 0.15) is 6.04 Å². The van der Waals surface area contributed by atoms with E-state index in [9.17, 15) is 18.0 Å². The van der Waals surface area contributed by atoms with E-state index in [-0.39, 0.29) is 11.7 Å². The summed E-state index contributed by atoms with van der Waals surface area (Å²) in [6.07, 6.45) is 26.1. The molecule has 0 aromatic carbocycles. The molecule has 9 heteroatoms. The molecule has 8 nitrogen and oxygen atoms in total. The van der Waals surface area contributed by atoms with Crippen molar-refractivity contribution in [1.29, 1.82) is 0 Å². The molecule has 230 valence electrons. The zero-order chi connectivity index (χ0) is 29.7. The van der Waals surface area contributed by atoms with Gasteiger partial charge in [-0.2, -0.15) is 8.42 Å². The molecule has 0 fully saturated rings. The molecule has 0 rings (SSSR count). The fraction of sp³-hybridized carbons (Fsp3) is 0.931. The van der Waals surface area contributed by atoms with Crippen molar-refractivity contribution in [2.45, 2.75) is 162 Å². The highest BCUT2D eigenvalue weighted by atomic mass is 32.2. The van der Waals surface area contributed by atoms with Crippen molar-refractivity contribution in [2.24, 2.45) is 11.7 Å². The topological polar surface area (TPSA) is 155 Å². The number of nitrogens with two attached hydrogens (primary N) is 1. The largest absolute Gasteiger partial charge is 0.481 e. The fourth-order valence-electron chi connectivity index (χ4n) is 3.64. The lowest BCUT2D eigenvalue weighted by molar-refractivity contribution is -0.139. The summed E-state index contributed by atoms with van der Waals surface area (Å²) >= 11 is 0. The van der Waals surface area contributed by atoms with Gasteiger partial charge in [-0.3, -0.25) is 14.1 Å². The zero-order valence-corrected chi connectivity index (χ0v) is 25.8. The Labute approximate surface area is 234 Å². The molecular weight excluding hydrogens is 506 g/mol. The molecule has 38 heavy (non-hydrogen) atoms. The number of carboxylic acids is 2. The quantitative estimate of drug-likeness (QED) is 0.0718. The summed E-state index contributed by atoms with van der Waals surface area (Å²) in [6.45, 7) is 7.21. The van der Waals surface area contributed by atoms with Crippen LogP contribution >= 0.6 is 0 Å². The van der Waals surface area contributed by atoms with Crippen LogP contribution in [0.2, 0.25) is 0 Å². The Kier molecular flexibility index (Phi) is 33.0. The summed E-state index contributed by atoms with van der Waals surface area (Å²) in [6, 6.07) is -0.713. The van der Waals surface area contributed by atoms with Gasteiger partial charge in [0.05, 0.1) is 5.75 Å². The van der Waals surface area contributed by atoms with Gasteiger partial charge in [-0.05, 0) is 19.3 Å². The Bertz CT molecular complexity index is 624. The van der Waals surface area contributed by atoms with E-state index < -0.39 is 28.1 Å². The van der Waals surface area contributed by atoms with E-state index in [1.54, 1.807) is 13.8 Å². The van der Waals surface area contributed by atoms with E-state index in [4.69, 9.17) is 20.5 Å².